The Bertz CT molecular complexity index is 7310. The zero-order valence-corrected chi connectivity index (χ0v) is 68.3. The number of aliphatic hydroxyl groups is 1. The maximum absolute atomic E-state index is 13.6. The van der Waals surface area contributed by atoms with Gasteiger partial charge in [-0.1, -0.05) is 41.3 Å². The van der Waals surface area contributed by atoms with Gasteiger partial charge in [-0.15, -0.1) is 6.42 Å². The van der Waals surface area contributed by atoms with E-state index in [0.29, 0.717) is 50.2 Å². The molecule has 6 atom stereocenters. The van der Waals surface area contributed by atoms with E-state index in [1.807, 2.05) is 13.8 Å². The zero-order chi connectivity index (χ0) is 90.7. The lowest BCUT2D eigenvalue weighted by atomic mass is 9.99. The summed E-state index contributed by atoms with van der Waals surface area (Å²) in [5.74, 6) is 126. The molecule has 0 saturated carbocycles. The first-order chi connectivity index (χ1) is 60.9. The van der Waals surface area contributed by atoms with Crippen LogP contribution < -0.4 is 16.4 Å². The molecule has 2 saturated heterocycles. The summed E-state index contributed by atoms with van der Waals surface area (Å²) in [6.07, 6.45) is 1.36. The van der Waals surface area contributed by atoms with Gasteiger partial charge in [-0.05, 0) is 215 Å². The Morgan fingerprint density at radius 2 is 0.825 bits per heavy atom. The molecule has 23 heteroatoms. The Balaban J connectivity index is 0.000000265. The maximum atomic E-state index is 13.6. The van der Waals surface area contributed by atoms with Crippen molar-refractivity contribution in [2.24, 2.45) is 0 Å². The van der Waals surface area contributed by atoms with Crippen LogP contribution in [0.2, 0.25) is 10.0 Å². The van der Waals surface area contributed by atoms with Crippen LogP contribution in [-0.4, -0.2) is 87.5 Å². The number of nitrogens with one attached hydrogen (secondary N) is 1. The molecule has 0 radical (unpaired) electrons. The highest BCUT2D eigenvalue weighted by molar-refractivity contribution is 6.31. The fourth-order valence-electron chi connectivity index (χ4n) is 11.2. The number of nitrogens with zero attached hydrogens (tertiary/aromatic N) is 7. The standard InChI is InChI=1S/C53H4.C25H26ClF3N4O4.C25H24ClF3N4O3/c1-3-5-7-9-11-13-15-17-19-21-23-25-27-29-31-33-35-37-39-41-43-45-47-49-51-53-52-50-48-46-44-42-40-38-36-34-32-30-28-26-24-22-20-18-16-14-12-10-8-6-4-2;1-14-12-32(13-30-14)20-6-5-19(33(9-10-34)24(20)36)23(35)31-15(2)21-7-8-22(37-21)17-4-3-16(26)11-18(17)25(27,28)29;1-14-12-31(13-30-14)19-5-6-20-24(35)32(9-10-33(20)23(19)34)15(2)21-7-8-22(36-21)17-4-3-16(26)11-18(17)25(27,28)29/h1H,2H3;3-6,11-13,15,21-22,34H,7-10H2,1-2H3,(H,31,35);3-6,11-13,15,21-22H,7-10H2,1-2H3/t;2*15-,21-,22+/m.00/s1. The van der Waals surface area contributed by atoms with E-state index in [2.05, 4.69) is 317 Å². The molecular formula is C103H54Cl2F6N8O7. The van der Waals surface area contributed by atoms with Crippen molar-refractivity contribution in [3.63, 3.8) is 0 Å². The molecule has 4 aromatic heterocycles. The smallest absolute Gasteiger partial charge is 0.395 e. The van der Waals surface area contributed by atoms with Gasteiger partial charge in [0.05, 0.1) is 78.3 Å². The highest BCUT2D eigenvalue weighted by Crippen LogP contribution is 2.44. The number of alkyl halides is 6. The Hall–Kier alpha value is -17.7. The second-order valence-corrected chi connectivity index (χ2v) is 25.5. The highest BCUT2D eigenvalue weighted by Gasteiger charge is 2.43. The van der Waals surface area contributed by atoms with E-state index < -0.39 is 65.4 Å². The van der Waals surface area contributed by atoms with Crippen molar-refractivity contribution < 1.29 is 50.5 Å². The molecule has 2 N–H and O–H groups in total. The molecule has 2 amide bonds. The largest absolute Gasteiger partial charge is 0.416 e. The van der Waals surface area contributed by atoms with Crippen molar-refractivity contribution in [2.75, 3.05) is 13.2 Å². The van der Waals surface area contributed by atoms with E-state index in [4.69, 9.17) is 39.1 Å². The number of carbonyl (C=O) groups is 2. The van der Waals surface area contributed by atoms with Gasteiger partial charge >= 0.3 is 12.4 Å². The molecule has 3 aliphatic heterocycles. The van der Waals surface area contributed by atoms with Crippen molar-refractivity contribution in [3.05, 3.63) is 161 Å². The number of pyridine rings is 2. The van der Waals surface area contributed by atoms with Crippen molar-refractivity contribution in [1.82, 2.24) is 38.5 Å². The van der Waals surface area contributed by atoms with Crippen molar-refractivity contribution >= 4 is 35.0 Å². The molecular weight excluding hydrogens is 1650 g/mol. The van der Waals surface area contributed by atoms with E-state index in [9.17, 15) is 50.6 Å². The number of amides is 2. The summed E-state index contributed by atoms with van der Waals surface area (Å²) < 4.78 is 99.2. The summed E-state index contributed by atoms with van der Waals surface area (Å²) in [5.41, 5.74) is 0.0837. The van der Waals surface area contributed by atoms with Crippen LogP contribution in [0, 0.1) is 322 Å². The topological polar surface area (TPSA) is 168 Å². The van der Waals surface area contributed by atoms with Gasteiger partial charge in [0.1, 0.15) is 22.8 Å². The van der Waals surface area contributed by atoms with E-state index >= 15 is 0 Å². The number of imidazole rings is 2. The summed E-state index contributed by atoms with van der Waals surface area (Å²) >= 11 is 11.6. The number of terminal acetylenes is 1. The summed E-state index contributed by atoms with van der Waals surface area (Å²) in [5, 5.41) is 12.3. The zero-order valence-electron chi connectivity index (χ0n) is 66.8. The molecule has 604 valence electrons. The third kappa shape index (κ3) is 31.9. The first-order valence-corrected chi connectivity index (χ1v) is 37.3. The number of carbonyl (C=O) groups excluding carboxylic acids is 2. The lowest BCUT2D eigenvalue weighted by Gasteiger charge is -2.37. The number of aromatic nitrogens is 6. The third-order valence-corrected chi connectivity index (χ3v) is 16.9. The lowest BCUT2D eigenvalue weighted by Crippen LogP contribution is -2.52. The maximum Gasteiger partial charge on any atom is 0.416 e. The quantitative estimate of drug-likeness (QED) is 0.0949. The fourth-order valence-corrected chi connectivity index (χ4v) is 11.5. The van der Waals surface area contributed by atoms with Gasteiger partial charge < -0.3 is 38.5 Å². The second-order valence-electron chi connectivity index (χ2n) is 24.6. The normalized spacial score (nSPS) is 13.2. The number of hydrogen-bond donors (Lipinski definition) is 2. The molecule has 2 aromatic carbocycles. The van der Waals surface area contributed by atoms with Crippen LogP contribution in [0.15, 0.2) is 95.3 Å². The van der Waals surface area contributed by atoms with Gasteiger partial charge in [-0.2, -0.15) is 26.3 Å². The van der Waals surface area contributed by atoms with Crippen molar-refractivity contribution in [2.45, 2.75) is 122 Å². The Labute approximate surface area is 736 Å². The molecule has 0 unspecified atom stereocenters. The SMILES string of the molecule is C#CC#CC#CC#CC#CC#CC#CC#CC#CC#CC#CC#CC#CC#CC#CC#CC#CC#CC#CC#CC#CC#CC#CC#CC#CC#CC.Cc1cn(-c2ccc(C(=O)N[C@@H](C)[C@@H]3CC[C@H](c4ccc(Cl)cc4C(F)(F)F)O3)n(CCO)c2=O)cn1.Cc1cn(-c2ccc3n(c2=O)CCN([C@@H](C)[C@@H]2CC[C@H](c4ccc(Cl)cc4C(F)(F)F)O2)C3=O)cn1. The first-order valence-electron chi connectivity index (χ1n) is 36.6. The van der Waals surface area contributed by atoms with E-state index in [0.717, 1.165) is 17.8 Å². The highest BCUT2D eigenvalue weighted by atomic mass is 35.5. The number of hydrogen-bond acceptors (Lipinski definition) is 9. The van der Waals surface area contributed by atoms with Gasteiger partial charge in [0.2, 0.25) is 0 Å². The number of rotatable bonds is 11. The average Bonchev–Trinajstić information content (AvgIpc) is 1.36. The number of ether oxygens (including phenoxy) is 2. The molecule has 6 aromatic rings. The molecule has 9 rings (SSSR count). The minimum Gasteiger partial charge on any atom is -0.395 e. The van der Waals surface area contributed by atoms with Gasteiger partial charge in [-0.3, -0.25) is 23.7 Å². The monoisotopic (exact) mass is 1700 g/mol. The molecule has 126 heavy (non-hydrogen) atoms. The molecule has 0 aliphatic carbocycles. The minimum absolute atomic E-state index is 0.0000353. The number of fused-ring (bicyclic) bond motifs is 1. The van der Waals surface area contributed by atoms with Crippen LogP contribution in [0.4, 0.5) is 26.3 Å². The summed E-state index contributed by atoms with van der Waals surface area (Å²) in [6.45, 7) is 8.93. The summed E-state index contributed by atoms with van der Waals surface area (Å²) in [4.78, 5) is 62.4. The van der Waals surface area contributed by atoms with E-state index in [-0.39, 0.29) is 68.9 Å². The Morgan fingerprint density at radius 1 is 0.484 bits per heavy atom. The molecule has 15 nitrogen and oxygen atoms in total. The van der Waals surface area contributed by atoms with Crippen LogP contribution in [0.3, 0.4) is 0 Å². The third-order valence-electron chi connectivity index (χ3n) is 16.5. The summed E-state index contributed by atoms with van der Waals surface area (Å²) in [7, 11) is 0. The predicted octanol–water partition coefficient (Wildman–Crippen LogP) is 9.55. The van der Waals surface area contributed by atoms with Crippen LogP contribution >= 0.6 is 23.2 Å². The number of aryl methyl sites for hydroxylation is 2. The number of benzene rings is 2. The average molecular weight is 1700 g/mol. The first kappa shape index (κ1) is 95.4. The van der Waals surface area contributed by atoms with Crippen LogP contribution in [0.1, 0.15) is 113 Å². The molecule has 0 bridgehead atoms. The Kier molecular flexibility index (Phi) is 39.1. The molecule has 3 aliphatic rings. The van der Waals surface area contributed by atoms with Crippen molar-refractivity contribution in [1.29, 1.82) is 0 Å². The van der Waals surface area contributed by atoms with Gasteiger partial charge in [0.15, 0.2) is 0 Å². The van der Waals surface area contributed by atoms with Gasteiger partial charge in [0, 0.05) is 243 Å². The van der Waals surface area contributed by atoms with Gasteiger partial charge in [0.25, 0.3) is 22.9 Å². The van der Waals surface area contributed by atoms with Gasteiger partial charge in [-0.25, -0.2) is 9.97 Å². The molecule has 0 spiro atoms. The second kappa shape index (κ2) is 51.6. The van der Waals surface area contributed by atoms with Crippen LogP contribution in [-0.2, 0) is 34.9 Å². The lowest BCUT2D eigenvalue weighted by molar-refractivity contribution is -0.140. The number of aliphatic hydroxyl groups excluding tert-OH is 1. The molecule has 2 fully saturated rings. The minimum atomic E-state index is -4.58. The molecule has 7 heterocycles. The van der Waals surface area contributed by atoms with Crippen LogP contribution in [0.25, 0.3) is 11.4 Å². The van der Waals surface area contributed by atoms with Crippen molar-refractivity contribution in [3.8, 4) is 320 Å². The van der Waals surface area contributed by atoms with E-state index in [1.54, 1.807) is 61.1 Å². The Morgan fingerprint density at radius 3 is 1.17 bits per heavy atom. The summed E-state index contributed by atoms with van der Waals surface area (Å²) in [6, 6.07) is 12.5. The fraction of sp³-hybridized carbons (Fsp3) is 0.204. The van der Waals surface area contributed by atoms with E-state index in [1.165, 1.54) is 56.4 Å². The van der Waals surface area contributed by atoms with Crippen LogP contribution in [0.5, 0.6) is 0 Å². The predicted molar refractivity (Wildman–Crippen MR) is 465 cm³/mol. The number of halogens is 8.